The van der Waals surface area contributed by atoms with Gasteiger partial charge in [0.2, 0.25) is 0 Å². The molecular formula is C22H20N8. The van der Waals surface area contributed by atoms with Crippen molar-refractivity contribution in [2.75, 3.05) is 13.1 Å². The summed E-state index contributed by atoms with van der Waals surface area (Å²) in [6, 6.07) is 8.03. The lowest BCUT2D eigenvalue weighted by atomic mass is 9.91. The number of nitrogens with one attached hydrogen (secondary N) is 3. The highest BCUT2D eigenvalue weighted by Crippen LogP contribution is 2.32. The van der Waals surface area contributed by atoms with Gasteiger partial charge in [-0.05, 0) is 61.7 Å². The standard InChI is InChI=1S/C22H20N8/c1-6-23-7-2-13(1)15-11-16-19(29-30-21(16)26-12-15)22-27-17-5-10-25-18(20(17)28-22)14-3-8-24-9-4-14/h3-5,8-13,23H,1-2,6-7H2,(H,27,28)(H,26,29,30). The van der Waals surface area contributed by atoms with Gasteiger partial charge in [0, 0.05) is 30.4 Å². The number of hydrogen-bond donors (Lipinski definition) is 3. The van der Waals surface area contributed by atoms with Gasteiger partial charge in [0.1, 0.15) is 11.2 Å². The van der Waals surface area contributed by atoms with E-state index in [1.807, 2.05) is 24.4 Å². The molecule has 1 aliphatic rings. The first-order valence-electron chi connectivity index (χ1n) is 10.2. The van der Waals surface area contributed by atoms with Gasteiger partial charge < -0.3 is 10.3 Å². The van der Waals surface area contributed by atoms with Crippen LogP contribution in [0.2, 0.25) is 0 Å². The van der Waals surface area contributed by atoms with E-state index in [0.717, 1.165) is 64.9 Å². The van der Waals surface area contributed by atoms with Gasteiger partial charge in [0.05, 0.1) is 16.6 Å². The predicted octanol–water partition coefficient (Wildman–Crippen LogP) is 3.43. The first-order chi connectivity index (χ1) is 14.9. The van der Waals surface area contributed by atoms with E-state index >= 15 is 0 Å². The fourth-order valence-corrected chi connectivity index (χ4v) is 4.25. The second kappa shape index (κ2) is 7.00. The molecular weight excluding hydrogens is 376 g/mol. The van der Waals surface area contributed by atoms with Gasteiger partial charge in [-0.3, -0.25) is 15.1 Å². The molecule has 0 spiro atoms. The Hall–Kier alpha value is -3.65. The van der Waals surface area contributed by atoms with Crippen molar-refractivity contribution in [1.29, 1.82) is 0 Å². The number of fused-ring (bicyclic) bond motifs is 2. The molecule has 3 N–H and O–H groups in total. The summed E-state index contributed by atoms with van der Waals surface area (Å²) >= 11 is 0. The lowest BCUT2D eigenvalue weighted by molar-refractivity contribution is 0.460. The zero-order chi connectivity index (χ0) is 19.9. The molecule has 0 radical (unpaired) electrons. The Morgan fingerprint density at radius 1 is 0.933 bits per heavy atom. The van der Waals surface area contributed by atoms with Crippen molar-refractivity contribution in [3.8, 4) is 22.8 Å². The van der Waals surface area contributed by atoms with Crippen LogP contribution in [0.25, 0.3) is 44.8 Å². The molecule has 0 aromatic carbocycles. The van der Waals surface area contributed by atoms with Crippen molar-refractivity contribution in [3.63, 3.8) is 0 Å². The molecule has 148 valence electrons. The van der Waals surface area contributed by atoms with Gasteiger partial charge in [0.25, 0.3) is 0 Å². The Morgan fingerprint density at radius 2 is 1.80 bits per heavy atom. The number of piperidine rings is 1. The lowest BCUT2D eigenvalue weighted by Gasteiger charge is -2.22. The van der Waals surface area contributed by atoms with Gasteiger partial charge in [-0.15, -0.1) is 0 Å². The number of imidazole rings is 1. The van der Waals surface area contributed by atoms with Gasteiger partial charge in [-0.2, -0.15) is 5.10 Å². The van der Waals surface area contributed by atoms with Crippen molar-refractivity contribution < 1.29 is 0 Å². The predicted molar refractivity (Wildman–Crippen MR) is 115 cm³/mol. The number of aromatic nitrogens is 7. The summed E-state index contributed by atoms with van der Waals surface area (Å²) in [7, 11) is 0. The van der Waals surface area contributed by atoms with Gasteiger partial charge >= 0.3 is 0 Å². The molecule has 0 amide bonds. The second-order valence-corrected chi connectivity index (χ2v) is 7.64. The molecule has 1 aliphatic heterocycles. The maximum absolute atomic E-state index is 4.87. The van der Waals surface area contributed by atoms with Gasteiger partial charge in [0.15, 0.2) is 11.5 Å². The number of hydrogen-bond acceptors (Lipinski definition) is 6. The van der Waals surface area contributed by atoms with Crippen LogP contribution in [0.1, 0.15) is 24.3 Å². The Morgan fingerprint density at radius 3 is 2.67 bits per heavy atom. The first kappa shape index (κ1) is 17.2. The molecule has 30 heavy (non-hydrogen) atoms. The molecule has 6 rings (SSSR count). The minimum absolute atomic E-state index is 0.532. The SMILES string of the molecule is c1cc(-c2nccc3[nH]c(-c4n[nH]c5ncc(C6CCNCC6)cc45)nc23)ccn1. The highest BCUT2D eigenvalue weighted by Gasteiger charge is 2.20. The summed E-state index contributed by atoms with van der Waals surface area (Å²) in [5.41, 5.74) is 6.37. The van der Waals surface area contributed by atoms with E-state index in [1.165, 1.54) is 5.56 Å². The molecule has 0 unspecified atom stereocenters. The quantitative estimate of drug-likeness (QED) is 0.431. The van der Waals surface area contributed by atoms with Crippen molar-refractivity contribution in [2.24, 2.45) is 0 Å². The third-order valence-electron chi connectivity index (χ3n) is 5.83. The molecule has 1 fully saturated rings. The van der Waals surface area contributed by atoms with Crippen LogP contribution in [0.4, 0.5) is 0 Å². The number of H-pyrrole nitrogens is 2. The second-order valence-electron chi connectivity index (χ2n) is 7.64. The summed E-state index contributed by atoms with van der Waals surface area (Å²) in [4.78, 5) is 21.5. The summed E-state index contributed by atoms with van der Waals surface area (Å²) in [6.45, 7) is 2.10. The van der Waals surface area contributed by atoms with Crippen LogP contribution in [0, 0.1) is 0 Å². The van der Waals surface area contributed by atoms with Crippen molar-refractivity contribution in [3.05, 3.63) is 54.6 Å². The zero-order valence-corrected chi connectivity index (χ0v) is 16.3. The molecule has 8 heteroatoms. The third-order valence-corrected chi connectivity index (χ3v) is 5.83. The van der Waals surface area contributed by atoms with E-state index in [-0.39, 0.29) is 0 Å². The highest BCUT2D eigenvalue weighted by atomic mass is 15.2. The Kier molecular flexibility index (Phi) is 4.02. The van der Waals surface area contributed by atoms with Crippen LogP contribution in [0.5, 0.6) is 0 Å². The summed E-state index contributed by atoms with van der Waals surface area (Å²) < 4.78 is 0. The van der Waals surface area contributed by atoms with Gasteiger partial charge in [-0.1, -0.05) is 0 Å². The van der Waals surface area contributed by atoms with Crippen LogP contribution in [0.15, 0.2) is 49.1 Å². The molecule has 5 aromatic heterocycles. The number of rotatable bonds is 3. The van der Waals surface area contributed by atoms with E-state index in [4.69, 9.17) is 4.98 Å². The molecule has 1 saturated heterocycles. The van der Waals surface area contributed by atoms with Crippen LogP contribution >= 0.6 is 0 Å². The maximum atomic E-state index is 4.87. The smallest absolute Gasteiger partial charge is 0.159 e. The van der Waals surface area contributed by atoms with E-state index in [1.54, 1.807) is 18.6 Å². The molecule has 0 saturated carbocycles. The Labute approximate surface area is 172 Å². The van der Waals surface area contributed by atoms with Crippen LogP contribution in [-0.2, 0) is 0 Å². The van der Waals surface area contributed by atoms with Crippen molar-refractivity contribution >= 4 is 22.1 Å². The fourth-order valence-electron chi connectivity index (χ4n) is 4.25. The number of nitrogens with zero attached hydrogens (tertiary/aromatic N) is 5. The molecule has 5 aromatic rings. The third kappa shape index (κ3) is 2.84. The highest BCUT2D eigenvalue weighted by molar-refractivity contribution is 5.95. The topological polar surface area (TPSA) is 108 Å². The summed E-state index contributed by atoms with van der Waals surface area (Å²) in [6.07, 6.45) is 9.55. The number of pyridine rings is 3. The number of aromatic amines is 2. The fraction of sp³-hybridized carbons (Fsp3) is 0.227. The molecule has 0 atom stereocenters. The van der Waals surface area contributed by atoms with Crippen LogP contribution in [-0.4, -0.2) is 48.2 Å². The van der Waals surface area contributed by atoms with Crippen LogP contribution in [0.3, 0.4) is 0 Å². The molecule has 6 heterocycles. The Bertz CT molecular complexity index is 1330. The van der Waals surface area contributed by atoms with Gasteiger partial charge in [-0.25, -0.2) is 9.97 Å². The molecule has 0 bridgehead atoms. The summed E-state index contributed by atoms with van der Waals surface area (Å²) in [5, 5.41) is 12.0. The van der Waals surface area contributed by atoms with Crippen molar-refractivity contribution in [2.45, 2.75) is 18.8 Å². The lowest BCUT2D eigenvalue weighted by Crippen LogP contribution is -2.26. The maximum Gasteiger partial charge on any atom is 0.159 e. The van der Waals surface area contributed by atoms with E-state index in [9.17, 15) is 0 Å². The monoisotopic (exact) mass is 396 g/mol. The average Bonchev–Trinajstić information content (AvgIpc) is 3.43. The summed E-state index contributed by atoms with van der Waals surface area (Å²) in [5.74, 6) is 1.24. The van der Waals surface area contributed by atoms with E-state index in [0.29, 0.717) is 11.7 Å². The molecule has 0 aliphatic carbocycles. The minimum Gasteiger partial charge on any atom is -0.336 e. The normalized spacial score (nSPS) is 15.2. The average molecular weight is 396 g/mol. The van der Waals surface area contributed by atoms with Crippen LogP contribution < -0.4 is 5.32 Å². The Balaban J connectivity index is 1.47. The minimum atomic E-state index is 0.532. The van der Waals surface area contributed by atoms with E-state index in [2.05, 4.69) is 41.5 Å². The molecule has 8 nitrogen and oxygen atoms in total. The van der Waals surface area contributed by atoms with Crippen molar-refractivity contribution in [1.82, 2.24) is 40.4 Å². The zero-order valence-electron chi connectivity index (χ0n) is 16.3. The largest absolute Gasteiger partial charge is 0.336 e. The first-order valence-corrected chi connectivity index (χ1v) is 10.2. The van der Waals surface area contributed by atoms with E-state index < -0.39 is 0 Å².